The fourth-order valence-electron chi connectivity index (χ4n) is 1.68. The third kappa shape index (κ3) is 2.58. The van der Waals surface area contributed by atoms with Gasteiger partial charge in [-0.3, -0.25) is 4.40 Å². The first-order chi connectivity index (χ1) is 7.99. The van der Waals surface area contributed by atoms with Gasteiger partial charge in [-0.25, -0.2) is 9.97 Å². The minimum atomic E-state index is 0.368. The molecule has 5 heteroatoms. The number of fused-ring (bicyclic) bond motifs is 1. The predicted octanol–water partition coefficient (Wildman–Crippen LogP) is 4.01. The molecule has 0 aliphatic heterocycles. The Labute approximate surface area is 111 Å². The summed E-state index contributed by atoms with van der Waals surface area (Å²) in [7, 11) is 0. The molecule has 2 aromatic rings. The highest BCUT2D eigenvalue weighted by Gasteiger charge is 2.14. The van der Waals surface area contributed by atoms with E-state index in [-0.39, 0.29) is 0 Å². The van der Waals surface area contributed by atoms with Crippen molar-refractivity contribution < 1.29 is 0 Å². The summed E-state index contributed by atoms with van der Waals surface area (Å²) in [5.74, 6) is 1.40. The zero-order chi connectivity index (χ0) is 12.6. The molecule has 0 fully saturated rings. The average Bonchev–Trinajstić information content (AvgIpc) is 2.59. The molecule has 0 aliphatic carbocycles. The van der Waals surface area contributed by atoms with Gasteiger partial charge >= 0.3 is 0 Å². The molecule has 0 bridgehead atoms. The summed E-state index contributed by atoms with van der Waals surface area (Å²) in [6.45, 7) is 8.55. The van der Waals surface area contributed by atoms with Crippen LogP contribution in [0.25, 0.3) is 5.52 Å². The zero-order valence-electron chi connectivity index (χ0n) is 10.4. The van der Waals surface area contributed by atoms with Crippen LogP contribution < -0.4 is 0 Å². The third-order valence-corrected chi connectivity index (χ3v) is 3.48. The first-order valence-electron chi connectivity index (χ1n) is 5.69. The number of hydrogen-bond acceptors (Lipinski definition) is 3. The number of rotatable bonds is 3. The Bertz CT molecular complexity index is 534. The van der Waals surface area contributed by atoms with Crippen molar-refractivity contribution in [3.05, 3.63) is 23.2 Å². The van der Waals surface area contributed by atoms with Gasteiger partial charge in [0.25, 0.3) is 0 Å². The van der Waals surface area contributed by atoms with Crippen LogP contribution in [0.2, 0.25) is 5.15 Å². The molecule has 0 saturated heterocycles. The number of hydrogen-bond donors (Lipinski definition) is 0. The van der Waals surface area contributed by atoms with E-state index < -0.39 is 0 Å². The summed E-state index contributed by atoms with van der Waals surface area (Å²) in [4.78, 5) is 8.86. The molecular weight excluding hydrogens is 254 g/mol. The van der Waals surface area contributed by atoms with Crippen molar-refractivity contribution in [2.75, 3.05) is 0 Å². The lowest BCUT2D eigenvalue weighted by atomic mass is 10.2. The normalized spacial score (nSPS) is 11.9. The van der Waals surface area contributed by atoms with Gasteiger partial charge in [-0.1, -0.05) is 51.1 Å². The summed E-state index contributed by atoms with van der Waals surface area (Å²) < 4.78 is 2.10. The first kappa shape index (κ1) is 12.7. The summed E-state index contributed by atoms with van der Waals surface area (Å²) in [5.41, 5.74) is 1.01. The van der Waals surface area contributed by atoms with Gasteiger partial charge in [0.15, 0.2) is 5.16 Å². The van der Waals surface area contributed by atoms with Crippen LogP contribution in [0.15, 0.2) is 17.4 Å². The van der Waals surface area contributed by atoms with Crippen molar-refractivity contribution in [1.29, 1.82) is 0 Å². The van der Waals surface area contributed by atoms with Crippen LogP contribution in [-0.4, -0.2) is 19.6 Å². The van der Waals surface area contributed by atoms with E-state index in [2.05, 4.69) is 42.1 Å². The van der Waals surface area contributed by atoms with Crippen LogP contribution in [0.4, 0.5) is 0 Å². The van der Waals surface area contributed by atoms with E-state index >= 15 is 0 Å². The fourth-order valence-corrected chi connectivity index (χ4v) is 2.80. The lowest BCUT2D eigenvalue weighted by Crippen LogP contribution is -2.03. The molecule has 2 rings (SSSR count). The SMILES string of the molecule is CC(C)Sc1nc(Cl)cc2cnc(C(C)C)n12. The highest BCUT2D eigenvalue weighted by atomic mass is 35.5. The molecule has 0 atom stereocenters. The quantitative estimate of drug-likeness (QED) is 0.479. The van der Waals surface area contributed by atoms with Gasteiger partial charge in [0.1, 0.15) is 11.0 Å². The van der Waals surface area contributed by atoms with Crippen LogP contribution in [0.1, 0.15) is 39.4 Å². The van der Waals surface area contributed by atoms with Gasteiger partial charge < -0.3 is 0 Å². The highest BCUT2D eigenvalue weighted by molar-refractivity contribution is 7.99. The monoisotopic (exact) mass is 269 g/mol. The van der Waals surface area contributed by atoms with E-state index in [1.807, 2.05) is 12.3 Å². The maximum atomic E-state index is 6.03. The predicted molar refractivity (Wildman–Crippen MR) is 73.1 cm³/mol. The average molecular weight is 270 g/mol. The third-order valence-electron chi connectivity index (χ3n) is 2.33. The molecular formula is C12H16ClN3S. The minimum absolute atomic E-state index is 0.368. The fraction of sp³-hybridized carbons (Fsp3) is 0.500. The molecule has 2 heterocycles. The van der Waals surface area contributed by atoms with Crippen molar-refractivity contribution in [3.8, 4) is 0 Å². The van der Waals surface area contributed by atoms with Crippen LogP contribution in [0, 0.1) is 0 Å². The van der Waals surface area contributed by atoms with Gasteiger partial charge in [0.05, 0.1) is 11.7 Å². The number of imidazole rings is 1. The van der Waals surface area contributed by atoms with E-state index in [0.717, 1.165) is 16.5 Å². The molecule has 0 aromatic carbocycles. The summed E-state index contributed by atoms with van der Waals surface area (Å²) in [5, 5.41) is 1.91. The standard InChI is InChI=1S/C12H16ClN3S/c1-7(2)11-14-6-9-5-10(13)15-12(16(9)11)17-8(3)4/h5-8H,1-4H3. The number of thioether (sulfide) groups is 1. The van der Waals surface area contributed by atoms with Gasteiger partial charge in [0, 0.05) is 17.2 Å². The number of nitrogens with zero attached hydrogens (tertiary/aromatic N) is 3. The van der Waals surface area contributed by atoms with E-state index in [1.54, 1.807) is 11.8 Å². The molecule has 0 aliphatic rings. The molecule has 0 radical (unpaired) electrons. The molecule has 0 unspecified atom stereocenters. The van der Waals surface area contributed by atoms with Crippen molar-refractivity contribution in [2.24, 2.45) is 0 Å². The molecule has 0 saturated carbocycles. The Morgan fingerprint density at radius 2 is 2.00 bits per heavy atom. The summed E-state index contributed by atoms with van der Waals surface area (Å²) in [6.07, 6.45) is 1.85. The van der Waals surface area contributed by atoms with Gasteiger partial charge in [-0.05, 0) is 0 Å². The molecule has 2 aromatic heterocycles. The zero-order valence-corrected chi connectivity index (χ0v) is 12.0. The van der Waals surface area contributed by atoms with Crippen molar-refractivity contribution in [1.82, 2.24) is 14.4 Å². The Balaban J connectivity index is 2.65. The van der Waals surface area contributed by atoms with E-state index in [0.29, 0.717) is 16.3 Å². The van der Waals surface area contributed by atoms with Gasteiger partial charge in [0.2, 0.25) is 0 Å². The second-order valence-electron chi connectivity index (χ2n) is 4.56. The van der Waals surface area contributed by atoms with Gasteiger partial charge in [-0.15, -0.1) is 0 Å². The van der Waals surface area contributed by atoms with Crippen LogP contribution in [0.5, 0.6) is 0 Å². The maximum absolute atomic E-state index is 6.03. The van der Waals surface area contributed by atoms with E-state index in [9.17, 15) is 0 Å². The molecule has 0 spiro atoms. The number of halogens is 1. The van der Waals surface area contributed by atoms with Crippen molar-refractivity contribution in [2.45, 2.75) is 44.0 Å². The summed E-state index contributed by atoms with van der Waals surface area (Å²) >= 11 is 7.74. The Kier molecular flexibility index (Phi) is 3.64. The lowest BCUT2D eigenvalue weighted by Gasteiger charge is -2.11. The minimum Gasteiger partial charge on any atom is -0.275 e. The lowest BCUT2D eigenvalue weighted by molar-refractivity contribution is 0.727. The largest absolute Gasteiger partial charge is 0.275 e. The molecule has 17 heavy (non-hydrogen) atoms. The maximum Gasteiger partial charge on any atom is 0.175 e. The molecule has 3 nitrogen and oxygen atoms in total. The van der Waals surface area contributed by atoms with Crippen LogP contribution >= 0.6 is 23.4 Å². The smallest absolute Gasteiger partial charge is 0.175 e. The van der Waals surface area contributed by atoms with Crippen LogP contribution in [0.3, 0.4) is 0 Å². The topological polar surface area (TPSA) is 30.2 Å². The van der Waals surface area contributed by atoms with Gasteiger partial charge in [-0.2, -0.15) is 0 Å². The Morgan fingerprint density at radius 1 is 1.29 bits per heavy atom. The van der Waals surface area contributed by atoms with E-state index in [4.69, 9.17) is 11.6 Å². The molecule has 0 N–H and O–H groups in total. The highest BCUT2D eigenvalue weighted by Crippen LogP contribution is 2.27. The number of aromatic nitrogens is 3. The van der Waals surface area contributed by atoms with Crippen molar-refractivity contribution >= 4 is 28.9 Å². The first-order valence-corrected chi connectivity index (χ1v) is 6.95. The second-order valence-corrected chi connectivity index (χ2v) is 6.49. The second kappa shape index (κ2) is 4.86. The Hall–Kier alpha value is -0.740. The summed E-state index contributed by atoms with van der Waals surface area (Å²) in [6, 6.07) is 1.85. The van der Waals surface area contributed by atoms with E-state index in [1.165, 1.54) is 0 Å². The molecule has 92 valence electrons. The van der Waals surface area contributed by atoms with Crippen molar-refractivity contribution in [3.63, 3.8) is 0 Å². The Morgan fingerprint density at radius 3 is 2.59 bits per heavy atom. The molecule has 0 amide bonds. The van der Waals surface area contributed by atoms with Crippen LogP contribution in [-0.2, 0) is 0 Å².